The van der Waals surface area contributed by atoms with Gasteiger partial charge < -0.3 is 15.4 Å². The first kappa shape index (κ1) is 24.0. The van der Waals surface area contributed by atoms with E-state index < -0.39 is 35.4 Å². The van der Waals surface area contributed by atoms with Crippen molar-refractivity contribution in [1.82, 2.24) is 19.7 Å². The van der Waals surface area contributed by atoms with Crippen molar-refractivity contribution in [2.45, 2.75) is 31.7 Å². The number of nitrogens with one attached hydrogen (secondary N) is 2. The van der Waals surface area contributed by atoms with Crippen LogP contribution in [0.25, 0.3) is 33.3 Å². The van der Waals surface area contributed by atoms with Crippen molar-refractivity contribution < 1.29 is 23.1 Å². The number of H-pyrrole nitrogens is 1. The predicted octanol–water partition coefficient (Wildman–Crippen LogP) is 5.22. The van der Waals surface area contributed by atoms with Crippen molar-refractivity contribution in [1.29, 1.82) is 5.26 Å². The number of fused-ring (bicyclic) bond motifs is 4. The summed E-state index contributed by atoms with van der Waals surface area (Å²) in [7, 11) is 1.65. The maximum atomic E-state index is 16.2. The fourth-order valence-electron chi connectivity index (χ4n) is 6.31. The zero-order valence-corrected chi connectivity index (χ0v) is 20.3. The zero-order valence-electron chi connectivity index (χ0n) is 20.3. The van der Waals surface area contributed by atoms with Crippen molar-refractivity contribution in [2.24, 2.45) is 24.8 Å². The lowest BCUT2D eigenvalue weighted by molar-refractivity contribution is -0.148. The van der Waals surface area contributed by atoms with Crippen molar-refractivity contribution in [3.63, 3.8) is 0 Å². The monoisotopic (exact) mass is 520 g/mol. The summed E-state index contributed by atoms with van der Waals surface area (Å²) in [6.07, 6.45) is 7.62. The number of hydrogen-bond donors (Lipinski definition) is 3. The van der Waals surface area contributed by atoms with E-state index in [-0.39, 0.29) is 50.9 Å². The maximum absolute atomic E-state index is 16.2. The van der Waals surface area contributed by atoms with Gasteiger partial charge in [-0.25, -0.2) is 18.2 Å². The third-order valence-electron chi connectivity index (χ3n) is 8.01. The smallest absolute Gasteiger partial charge is 0.308 e. The van der Waals surface area contributed by atoms with Crippen LogP contribution in [-0.4, -0.2) is 36.9 Å². The summed E-state index contributed by atoms with van der Waals surface area (Å²) < 4.78 is 46.3. The highest BCUT2D eigenvalue weighted by Crippen LogP contribution is 2.47. The van der Waals surface area contributed by atoms with Gasteiger partial charge in [-0.15, -0.1) is 0 Å². The van der Waals surface area contributed by atoms with Gasteiger partial charge in [0, 0.05) is 53.6 Å². The molecule has 7 rings (SSSR count). The Bertz CT molecular complexity index is 1630. The summed E-state index contributed by atoms with van der Waals surface area (Å²) in [5, 5.41) is 27.5. The van der Waals surface area contributed by atoms with Gasteiger partial charge in [0.15, 0.2) is 11.6 Å². The zero-order chi connectivity index (χ0) is 26.7. The van der Waals surface area contributed by atoms with E-state index in [0.29, 0.717) is 5.56 Å². The SMILES string of the molecule is Cn1cc(-c2c(F)c(N[C@H]3C4CCC(CC4)[C@@H]3C(=O)O)nc(-c3c[nH]c4c(F)cc(F)cc34)c2C#N)cn1. The number of rotatable bonds is 5. The van der Waals surface area contributed by atoms with E-state index in [1.54, 1.807) is 13.2 Å². The second-order valence-electron chi connectivity index (χ2n) is 10.1. The Morgan fingerprint density at radius 2 is 1.95 bits per heavy atom. The number of aryl methyl sites for hydroxylation is 1. The molecule has 3 saturated carbocycles. The second kappa shape index (κ2) is 8.90. The Morgan fingerprint density at radius 1 is 1.21 bits per heavy atom. The molecule has 2 atom stereocenters. The molecule has 0 saturated heterocycles. The number of benzene rings is 1. The predicted molar refractivity (Wildman–Crippen MR) is 132 cm³/mol. The number of aromatic amines is 1. The molecule has 8 nitrogen and oxygen atoms in total. The third-order valence-corrected chi connectivity index (χ3v) is 8.01. The highest BCUT2D eigenvalue weighted by molar-refractivity contribution is 5.98. The number of carbonyl (C=O) groups is 1. The summed E-state index contributed by atoms with van der Waals surface area (Å²) in [5.41, 5.74) is 0.343. The highest BCUT2D eigenvalue weighted by Gasteiger charge is 2.47. The molecule has 0 radical (unpaired) electrons. The largest absolute Gasteiger partial charge is 0.481 e. The van der Waals surface area contributed by atoms with Crippen LogP contribution in [0.4, 0.5) is 19.0 Å². The fourth-order valence-corrected chi connectivity index (χ4v) is 6.31. The number of hydrogen-bond acceptors (Lipinski definition) is 5. The Morgan fingerprint density at radius 3 is 2.61 bits per heavy atom. The van der Waals surface area contributed by atoms with Crippen LogP contribution in [0.3, 0.4) is 0 Å². The number of aliphatic carboxylic acids is 1. The van der Waals surface area contributed by atoms with Gasteiger partial charge in [0.2, 0.25) is 0 Å². The number of pyridine rings is 1. The molecule has 194 valence electrons. The first-order chi connectivity index (χ1) is 18.3. The Labute approximate surface area is 215 Å². The van der Waals surface area contributed by atoms with Gasteiger partial charge in [-0.2, -0.15) is 10.4 Å². The molecule has 1 aromatic carbocycles. The van der Waals surface area contributed by atoms with Crippen LogP contribution in [0, 0.1) is 46.5 Å². The highest BCUT2D eigenvalue weighted by atomic mass is 19.1. The van der Waals surface area contributed by atoms with Crippen LogP contribution < -0.4 is 5.32 Å². The molecule has 11 heteroatoms. The molecule has 2 bridgehead atoms. The molecule has 3 N–H and O–H groups in total. The lowest BCUT2D eigenvalue weighted by atomic mass is 9.61. The van der Waals surface area contributed by atoms with E-state index in [2.05, 4.69) is 20.4 Å². The molecule has 0 aliphatic heterocycles. The fraction of sp³-hybridized carbons (Fsp3) is 0.333. The van der Waals surface area contributed by atoms with E-state index in [1.165, 1.54) is 17.1 Å². The third kappa shape index (κ3) is 3.70. The molecule has 3 aromatic heterocycles. The molecule has 0 unspecified atom stereocenters. The first-order valence-corrected chi connectivity index (χ1v) is 12.3. The van der Waals surface area contributed by atoms with Crippen LogP contribution in [0.2, 0.25) is 0 Å². The van der Waals surface area contributed by atoms with Crippen molar-refractivity contribution in [2.75, 3.05) is 5.32 Å². The molecular formula is C27H23F3N6O2. The first-order valence-electron chi connectivity index (χ1n) is 12.3. The molecule has 4 aromatic rings. The number of carboxylic acid groups (broad SMARTS) is 1. The molecule has 3 aliphatic rings. The Kier molecular flexibility index (Phi) is 5.63. The van der Waals surface area contributed by atoms with Crippen LogP contribution >= 0.6 is 0 Å². The van der Waals surface area contributed by atoms with Crippen LogP contribution in [0.1, 0.15) is 31.2 Å². The lowest BCUT2D eigenvalue weighted by Gasteiger charge is -2.47. The van der Waals surface area contributed by atoms with E-state index in [0.717, 1.165) is 37.8 Å². The van der Waals surface area contributed by atoms with E-state index in [4.69, 9.17) is 0 Å². The lowest BCUT2D eigenvalue weighted by Crippen LogP contribution is -2.51. The summed E-state index contributed by atoms with van der Waals surface area (Å²) in [6.45, 7) is 0. The number of nitriles is 1. The number of nitrogens with zero attached hydrogens (tertiary/aromatic N) is 4. The minimum absolute atomic E-state index is 0.0133. The standard InChI is InChI=1S/C27H23F3N6O2/c1-36-11-14(9-33-36)20-17(8-31)24(18-10-32-25-16(18)6-15(28)7-19(25)29)35-26(22(20)30)34-23-13-4-2-12(3-5-13)21(23)27(37)38/h6-7,9-13,21,23,32H,2-5H2,1H3,(H,34,35)(H,37,38)/t12?,13?,21-,23-/m0/s1. The normalized spacial score (nSPS) is 22.5. The number of anilines is 1. The van der Waals surface area contributed by atoms with Gasteiger partial charge in [0.05, 0.1) is 28.9 Å². The van der Waals surface area contributed by atoms with Gasteiger partial charge in [-0.1, -0.05) is 0 Å². The topological polar surface area (TPSA) is 120 Å². The van der Waals surface area contributed by atoms with Crippen LogP contribution in [0.15, 0.2) is 30.7 Å². The summed E-state index contributed by atoms with van der Waals surface area (Å²) in [6, 6.07) is 3.32. The summed E-state index contributed by atoms with van der Waals surface area (Å²) in [5.74, 6) is -4.31. The van der Waals surface area contributed by atoms with Gasteiger partial charge in [-0.05, 0) is 43.6 Å². The molecule has 3 aliphatic carbocycles. The molecule has 0 amide bonds. The van der Waals surface area contributed by atoms with Gasteiger partial charge >= 0.3 is 5.97 Å². The average Bonchev–Trinajstić information content (AvgIpc) is 3.51. The molecular weight excluding hydrogens is 497 g/mol. The van der Waals surface area contributed by atoms with E-state index >= 15 is 4.39 Å². The van der Waals surface area contributed by atoms with Crippen LogP contribution in [0.5, 0.6) is 0 Å². The molecule has 3 heterocycles. The molecule has 0 spiro atoms. The number of carboxylic acids is 1. The van der Waals surface area contributed by atoms with Gasteiger partial charge in [0.1, 0.15) is 17.7 Å². The minimum Gasteiger partial charge on any atom is -0.481 e. The van der Waals surface area contributed by atoms with Crippen molar-refractivity contribution >= 4 is 22.7 Å². The Hall–Kier alpha value is -4.33. The quantitative estimate of drug-likeness (QED) is 0.332. The second-order valence-corrected chi connectivity index (χ2v) is 10.1. The van der Waals surface area contributed by atoms with Gasteiger partial charge in [0.25, 0.3) is 0 Å². The minimum atomic E-state index is -0.943. The van der Waals surface area contributed by atoms with Gasteiger partial charge in [-0.3, -0.25) is 9.48 Å². The van der Waals surface area contributed by atoms with E-state index in [9.17, 15) is 23.9 Å². The average molecular weight is 521 g/mol. The summed E-state index contributed by atoms with van der Waals surface area (Å²) >= 11 is 0. The van der Waals surface area contributed by atoms with Crippen LogP contribution in [-0.2, 0) is 11.8 Å². The van der Waals surface area contributed by atoms with E-state index in [1.807, 2.05) is 6.07 Å². The van der Waals surface area contributed by atoms with Crippen molar-refractivity contribution in [3.8, 4) is 28.5 Å². The summed E-state index contributed by atoms with van der Waals surface area (Å²) in [4.78, 5) is 19.4. The van der Waals surface area contributed by atoms with Crippen molar-refractivity contribution in [3.05, 3.63) is 53.7 Å². The molecule has 3 fully saturated rings. The maximum Gasteiger partial charge on any atom is 0.308 e. The number of aromatic nitrogens is 4. The number of halogens is 3. The Balaban J connectivity index is 1.58. The molecule has 38 heavy (non-hydrogen) atoms.